The smallest absolute Gasteiger partial charge is 0.345 e. The van der Waals surface area contributed by atoms with Crippen LogP contribution in [-0.2, 0) is 23.8 Å². The van der Waals surface area contributed by atoms with Gasteiger partial charge in [-0.1, -0.05) is 30.1 Å². The molecule has 2 aliphatic rings. The van der Waals surface area contributed by atoms with Crippen LogP contribution in [0.25, 0.3) is 5.57 Å². The van der Waals surface area contributed by atoms with Crippen LogP contribution in [0.1, 0.15) is 56.8 Å². The van der Waals surface area contributed by atoms with Crippen molar-refractivity contribution in [2.45, 2.75) is 51.7 Å². The molecule has 1 aromatic carbocycles. The lowest BCUT2D eigenvalue weighted by atomic mass is 9.94. The maximum absolute atomic E-state index is 14.4. The molecule has 0 spiro atoms. The number of rotatable bonds is 10. The Morgan fingerprint density at radius 2 is 2.00 bits per heavy atom. The number of ether oxygens (including phenoxy) is 3. The molecule has 0 saturated carbocycles. The summed E-state index contributed by atoms with van der Waals surface area (Å²) >= 11 is 12.6. The Balaban J connectivity index is 1.76. The van der Waals surface area contributed by atoms with Gasteiger partial charge in [-0.05, 0) is 51.4 Å². The highest BCUT2D eigenvalue weighted by Crippen LogP contribution is 2.40. The molecule has 0 unspecified atom stereocenters. The van der Waals surface area contributed by atoms with Crippen LogP contribution < -0.4 is 11.1 Å². The standard InChI is InChI=1S/C27H32Cl2FN5O5/c1-3-4-21(36)38-14-39-27(37)23-18(16-11-33-34-12-16)13-35(17-7-9-32-10-8-17)26(31)25(23)40-15(2)22-19(28)5-6-20(30)24(22)29/h5-6,11-12,15,17,32H,3-4,7-10,13-14,31H2,1-2H3,(H,33,34)/t15-/m1/s1. The van der Waals surface area contributed by atoms with E-state index in [-0.39, 0.29) is 51.8 Å². The highest BCUT2D eigenvalue weighted by atomic mass is 35.5. The second kappa shape index (κ2) is 13.4. The van der Waals surface area contributed by atoms with E-state index in [0.29, 0.717) is 17.6 Å². The van der Waals surface area contributed by atoms with Gasteiger partial charge in [0.05, 0.1) is 11.2 Å². The minimum atomic E-state index is -0.909. The number of esters is 2. The van der Waals surface area contributed by atoms with E-state index in [1.54, 1.807) is 19.3 Å². The van der Waals surface area contributed by atoms with Crippen LogP contribution in [0.15, 0.2) is 41.7 Å². The number of benzene rings is 1. The predicted molar refractivity (Wildman–Crippen MR) is 147 cm³/mol. The zero-order chi connectivity index (χ0) is 28.8. The summed E-state index contributed by atoms with van der Waals surface area (Å²) in [7, 11) is 0. The van der Waals surface area contributed by atoms with Crippen molar-refractivity contribution >= 4 is 40.7 Å². The third-order valence-electron chi connectivity index (χ3n) is 6.84. The average molecular weight is 596 g/mol. The third kappa shape index (κ3) is 6.54. The van der Waals surface area contributed by atoms with Gasteiger partial charge in [-0.15, -0.1) is 0 Å². The molecule has 1 saturated heterocycles. The van der Waals surface area contributed by atoms with E-state index in [4.69, 9.17) is 43.1 Å². The van der Waals surface area contributed by atoms with Crippen LogP contribution in [0.4, 0.5) is 4.39 Å². The molecule has 40 heavy (non-hydrogen) atoms. The third-order valence-corrected chi connectivity index (χ3v) is 7.56. The summed E-state index contributed by atoms with van der Waals surface area (Å²) in [5.74, 6) is -1.73. The SMILES string of the molecule is CCCC(=O)OCOC(=O)C1=C(c2cn[nH]c2)CN(C2CCNCC2)C(N)=C1O[C@H](C)c1c(Cl)ccc(F)c1Cl. The molecule has 1 atom stereocenters. The number of halogens is 3. The molecule has 1 fully saturated rings. The molecular weight excluding hydrogens is 564 g/mol. The number of nitrogens with zero attached hydrogens (tertiary/aromatic N) is 2. The van der Waals surface area contributed by atoms with Crippen LogP contribution in [0.3, 0.4) is 0 Å². The Hall–Kier alpha value is -3.28. The normalized spacial score (nSPS) is 17.2. The molecule has 10 nitrogen and oxygen atoms in total. The highest BCUT2D eigenvalue weighted by molar-refractivity contribution is 6.36. The van der Waals surface area contributed by atoms with Crippen molar-refractivity contribution in [2.75, 3.05) is 26.4 Å². The fourth-order valence-electron chi connectivity index (χ4n) is 4.81. The number of piperidine rings is 1. The summed E-state index contributed by atoms with van der Waals surface area (Å²) in [6.07, 6.45) is 4.73. The van der Waals surface area contributed by atoms with Gasteiger partial charge in [0.2, 0.25) is 6.79 Å². The summed E-state index contributed by atoms with van der Waals surface area (Å²) in [4.78, 5) is 27.4. The Bertz CT molecular complexity index is 1290. The van der Waals surface area contributed by atoms with Crippen molar-refractivity contribution in [2.24, 2.45) is 5.73 Å². The van der Waals surface area contributed by atoms with Gasteiger partial charge < -0.3 is 30.2 Å². The number of hydrogen-bond acceptors (Lipinski definition) is 9. The number of nitrogens with one attached hydrogen (secondary N) is 2. The average Bonchev–Trinajstić information content (AvgIpc) is 3.47. The van der Waals surface area contributed by atoms with E-state index >= 15 is 0 Å². The van der Waals surface area contributed by atoms with Crippen molar-refractivity contribution < 1.29 is 28.2 Å². The molecule has 0 aliphatic carbocycles. The van der Waals surface area contributed by atoms with Crippen LogP contribution in [-0.4, -0.2) is 59.5 Å². The summed E-state index contributed by atoms with van der Waals surface area (Å²) in [6.45, 7) is 4.77. The number of nitrogens with two attached hydrogens (primary N) is 1. The number of carbonyl (C=O) groups is 2. The fraction of sp³-hybridized carbons (Fsp3) is 0.444. The van der Waals surface area contributed by atoms with Crippen LogP contribution in [0.5, 0.6) is 0 Å². The van der Waals surface area contributed by atoms with Crippen molar-refractivity contribution in [3.63, 3.8) is 0 Å². The van der Waals surface area contributed by atoms with Gasteiger partial charge in [0, 0.05) is 46.9 Å². The summed E-state index contributed by atoms with van der Waals surface area (Å²) in [6, 6.07) is 2.60. The maximum Gasteiger partial charge on any atom is 0.345 e. The molecule has 1 aromatic heterocycles. The molecule has 0 amide bonds. The molecule has 3 heterocycles. The largest absolute Gasteiger partial charge is 0.481 e. The first-order valence-electron chi connectivity index (χ1n) is 13.0. The number of hydrogen-bond donors (Lipinski definition) is 3. The highest BCUT2D eigenvalue weighted by Gasteiger charge is 2.38. The molecule has 0 bridgehead atoms. The summed E-state index contributed by atoms with van der Waals surface area (Å²) in [5.41, 5.74) is 8.12. The molecule has 4 N–H and O–H groups in total. The minimum Gasteiger partial charge on any atom is -0.481 e. The Kier molecular flexibility index (Phi) is 9.94. The molecule has 2 aliphatic heterocycles. The quantitative estimate of drug-likeness (QED) is 0.207. The predicted octanol–water partition coefficient (Wildman–Crippen LogP) is 4.43. The first-order valence-corrected chi connectivity index (χ1v) is 13.8. The zero-order valence-corrected chi connectivity index (χ0v) is 23.8. The molecule has 13 heteroatoms. The van der Waals surface area contributed by atoms with Gasteiger partial charge in [0.1, 0.15) is 23.3 Å². The first-order chi connectivity index (χ1) is 19.2. The van der Waals surface area contributed by atoms with Crippen molar-refractivity contribution in [1.82, 2.24) is 20.4 Å². The van der Waals surface area contributed by atoms with Crippen LogP contribution in [0.2, 0.25) is 10.0 Å². The minimum absolute atomic E-state index is 0.0229. The van der Waals surface area contributed by atoms with Gasteiger partial charge in [-0.3, -0.25) is 9.89 Å². The number of aromatic amines is 1. The van der Waals surface area contributed by atoms with Crippen LogP contribution >= 0.6 is 23.2 Å². The Morgan fingerprint density at radius 1 is 1.25 bits per heavy atom. The van der Waals surface area contributed by atoms with E-state index in [0.717, 1.165) is 32.0 Å². The van der Waals surface area contributed by atoms with E-state index in [1.807, 2.05) is 11.8 Å². The first kappa shape index (κ1) is 29.7. The summed E-state index contributed by atoms with van der Waals surface area (Å²) < 4.78 is 31.1. The number of H-pyrrole nitrogens is 1. The molecule has 2 aromatic rings. The second-order valence-electron chi connectivity index (χ2n) is 9.50. The van der Waals surface area contributed by atoms with Gasteiger partial charge in [-0.25, -0.2) is 9.18 Å². The molecular formula is C27H32Cl2FN5O5. The van der Waals surface area contributed by atoms with Gasteiger partial charge in [-0.2, -0.15) is 5.10 Å². The lowest BCUT2D eigenvalue weighted by Gasteiger charge is -2.41. The number of carbonyl (C=O) groups excluding carboxylic acids is 2. The maximum atomic E-state index is 14.4. The lowest BCUT2D eigenvalue weighted by Crippen LogP contribution is -2.47. The molecule has 0 radical (unpaired) electrons. The second-order valence-corrected chi connectivity index (χ2v) is 10.3. The number of aromatic nitrogens is 2. The molecule has 216 valence electrons. The Morgan fingerprint density at radius 3 is 2.67 bits per heavy atom. The molecule has 4 rings (SSSR count). The van der Waals surface area contributed by atoms with Crippen LogP contribution in [0, 0.1) is 5.82 Å². The van der Waals surface area contributed by atoms with E-state index in [1.165, 1.54) is 6.07 Å². The summed E-state index contributed by atoms with van der Waals surface area (Å²) in [5, 5.41) is 10.1. The van der Waals surface area contributed by atoms with Crippen molar-refractivity contribution in [3.8, 4) is 0 Å². The monoisotopic (exact) mass is 595 g/mol. The van der Waals surface area contributed by atoms with Crippen molar-refractivity contribution in [1.29, 1.82) is 0 Å². The van der Waals surface area contributed by atoms with Gasteiger partial charge in [0.15, 0.2) is 5.76 Å². The Labute approximate surface area is 241 Å². The lowest BCUT2D eigenvalue weighted by molar-refractivity contribution is -0.164. The van der Waals surface area contributed by atoms with E-state index in [9.17, 15) is 14.0 Å². The van der Waals surface area contributed by atoms with Gasteiger partial charge >= 0.3 is 11.9 Å². The van der Waals surface area contributed by atoms with E-state index in [2.05, 4.69) is 15.5 Å². The van der Waals surface area contributed by atoms with E-state index < -0.39 is 30.7 Å². The van der Waals surface area contributed by atoms with Crippen molar-refractivity contribution in [3.05, 3.63) is 68.7 Å². The van der Waals surface area contributed by atoms with Gasteiger partial charge in [0.25, 0.3) is 0 Å². The topological polar surface area (TPSA) is 132 Å². The zero-order valence-electron chi connectivity index (χ0n) is 22.3. The fourth-order valence-corrected chi connectivity index (χ4v) is 5.49.